The summed E-state index contributed by atoms with van der Waals surface area (Å²) in [6, 6.07) is 2.69. The molecule has 1 aliphatic rings. The van der Waals surface area contributed by atoms with Crippen LogP contribution < -0.4 is 10.1 Å². The maximum atomic E-state index is 13.5. The Balaban J connectivity index is 2.01. The molecule has 1 atom stereocenters. The fourth-order valence-corrected chi connectivity index (χ4v) is 2.57. The fourth-order valence-electron chi connectivity index (χ4n) is 2.10. The van der Waals surface area contributed by atoms with Crippen LogP contribution in [0.15, 0.2) is 12.1 Å². The molecule has 0 fully saturated rings. The van der Waals surface area contributed by atoms with E-state index in [2.05, 4.69) is 5.32 Å². The quantitative estimate of drug-likeness (QED) is 0.862. The Labute approximate surface area is 128 Å². The van der Waals surface area contributed by atoms with Crippen LogP contribution in [0.1, 0.15) is 18.1 Å². The molecule has 1 aromatic carbocycles. The predicted molar refractivity (Wildman–Crippen MR) is 77.7 cm³/mol. The van der Waals surface area contributed by atoms with E-state index in [-0.39, 0.29) is 19.9 Å². The number of hydrogen-bond acceptors (Lipinski definition) is 5. The summed E-state index contributed by atoms with van der Waals surface area (Å²) in [6.07, 6.45) is 1.34. The maximum Gasteiger partial charge on any atom is 0.238 e. The lowest BCUT2D eigenvalue weighted by Crippen LogP contribution is -2.38. The minimum absolute atomic E-state index is 0.100. The van der Waals surface area contributed by atoms with Crippen LogP contribution in [0.25, 0.3) is 0 Å². The summed E-state index contributed by atoms with van der Waals surface area (Å²) in [4.78, 5) is 11.7. The largest absolute Gasteiger partial charge is 0.467 e. The number of fused-ring (bicyclic) bond motifs is 1. The first kappa shape index (κ1) is 16.7. The third kappa shape index (κ3) is 3.95. The molecule has 0 unspecified atom stereocenters. The Bertz CT molecular complexity index is 674. The topological polar surface area (TPSA) is 81.7 Å². The number of carbonyl (C=O) groups is 1. The van der Waals surface area contributed by atoms with Crippen molar-refractivity contribution in [2.24, 2.45) is 0 Å². The van der Waals surface area contributed by atoms with Crippen molar-refractivity contribution >= 4 is 15.7 Å². The number of carbonyl (C=O) groups excluding carboxylic acids is 1. The fraction of sp³-hybridized carbons (Fsp3) is 0.500. The molecule has 1 aromatic rings. The van der Waals surface area contributed by atoms with Gasteiger partial charge in [0.25, 0.3) is 0 Å². The van der Waals surface area contributed by atoms with Gasteiger partial charge in [-0.1, -0.05) is 0 Å². The van der Waals surface area contributed by atoms with Crippen molar-refractivity contribution < 1.29 is 27.1 Å². The Morgan fingerprint density at radius 1 is 1.45 bits per heavy atom. The standard InChI is InChI=1S/C14H18FNO5S/c1-9(22(2,18)19)14(17)16-4-3-10-5-12(15)6-11-7-20-8-21-13(10)11/h5-6,9H,3-4,7-8H2,1-2H3,(H,16,17)/t9-/m1/s1. The second kappa shape index (κ2) is 6.62. The highest BCUT2D eigenvalue weighted by molar-refractivity contribution is 7.92. The minimum atomic E-state index is -3.43. The molecule has 0 spiro atoms. The second-order valence-corrected chi connectivity index (χ2v) is 7.54. The second-order valence-electron chi connectivity index (χ2n) is 5.18. The lowest BCUT2D eigenvalue weighted by atomic mass is 10.1. The number of amides is 1. The van der Waals surface area contributed by atoms with E-state index in [9.17, 15) is 17.6 Å². The smallest absolute Gasteiger partial charge is 0.238 e. The number of halogens is 1. The third-order valence-corrected chi connectivity index (χ3v) is 4.96. The molecule has 0 saturated heterocycles. The van der Waals surface area contributed by atoms with Gasteiger partial charge in [-0.25, -0.2) is 12.8 Å². The molecular formula is C14H18FNO5S. The molecule has 0 aromatic heterocycles. The van der Waals surface area contributed by atoms with E-state index < -0.39 is 26.8 Å². The van der Waals surface area contributed by atoms with Crippen molar-refractivity contribution in [3.63, 3.8) is 0 Å². The van der Waals surface area contributed by atoms with Gasteiger partial charge in [-0.15, -0.1) is 0 Å². The van der Waals surface area contributed by atoms with Gasteiger partial charge in [0.2, 0.25) is 5.91 Å². The average molecular weight is 331 g/mol. The van der Waals surface area contributed by atoms with E-state index in [0.717, 1.165) is 6.26 Å². The third-order valence-electron chi connectivity index (χ3n) is 3.46. The number of ether oxygens (including phenoxy) is 2. The molecule has 0 bridgehead atoms. The number of rotatable bonds is 5. The molecule has 0 radical (unpaired) electrons. The highest BCUT2D eigenvalue weighted by Gasteiger charge is 2.23. The highest BCUT2D eigenvalue weighted by Crippen LogP contribution is 2.29. The molecule has 1 amide bonds. The first-order valence-corrected chi connectivity index (χ1v) is 8.73. The number of hydrogen-bond donors (Lipinski definition) is 1. The SMILES string of the molecule is C[C@H](C(=O)NCCc1cc(F)cc2c1OCOC2)S(C)(=O)=O. The lowest BCUT2D eigenvalue weighted by molar-refractivity contribution is -0.120. The molecule has 0 aliphatic carbocycles. The first-order valence-electron chi connectivity index (χ1n) is 6.77. The predicted octanol–water partition coefficient (Wildman–Crippen LogP) is 0.784. The summed E-state index contributed by atoms with van der Waals surface area (Å²) in [5.74, 6) is -0.409. The van der Waals surface area contributed by atoms with Gasteiger partial charge in [-0.2, -0.15) is 0 Å². The van der Waals surface area contributed by atoms with Gasteiger partial charge in [-0.3, -0.25) is 4.79 Å². The van der Waals surface area contributed by atoms with Crippen LogP contribution in [0, 0.1) is 5.82 Å². The summed E-state index contributed by atoms with van der Waals surface area (Å²) >= 11 is 0. The zero-order chi connectivity index (χ0) is 16.3. The molecular weight excluding hydrogens is 313 g/mol. The normalized spacial score (nSPS) is 15.6. The van der Waals surface area contributed by atoms with Gasteiger partial charge in [0, 0.05) is 18.4 Å². The van der Waals surface area contributed by atoms with Gasteiger partial charge in [0.15, 0.2) is 16.6 Å². The van der Waals surface area contributed by atoms with E-state index in [0.29, 0.717) is 23.3 Å². The highest BCUT2D eigenvalue weighted by atomic mass is 32.2. The Morgan fingerprint density at radius 3 is 2.86 bits per heavy atom. The number of nitrogens with one attached hydrogen (secondary N) is 1. The van der Waals surface area contributed by atoms with Crippen molar-refractivity contribution in [3.05, 3.63) is 29.1 Å². The van der Waals surface area contributed by atoms with Gasteiger partial charge in [0.1, 0.15) is 16.8 Å². The molecule has 2 rings (SSSR count). The molecule has 0 saturated carbocycles. The van der Waals surface area contributed by atoms with Crippen molar-refractivity contribution in [2.45, 2.75) is 25.2 Å². The van der Waals surface area contributed by atoms with E-state index in [1.807, 2.05) is 0 Å². The van der Waals surface area contributed by atoms with Crippen molar-refractivity contribution in [1.82, 2.24) is 5.32 Å². The van der Waals surface area contributed by atoms with Crippen LogP contribution in [0.2, 0.25) is 0 Å². The van der Waals surface area contributed by atoms with E-state index >= 15 is 0 Å². The van der Waals surface area contributed by atoms with Crippen molar-refractivity contribution in [2.75, 3.05) is 19.6 Å². The van der Waals surface area contributed by atoms with Crippen LogP contribution >= 0.6 is 0 Å². The Morgan fingerprint density at radius 2 is 2.18 bits per heavy atom. The van der Waals surface area contributed by atoms with E-state index in [4.69, 9.17) is 9.47 Å². The van der Waals surface area contributed by atoms with Crippen LogP contribution in [-0.2, 0) is 32.4 Å². The van der Waals surface area contributed by atoms with Crippen LogP contribution in [0.5, 0.6) is 5.75 Å². The molecule has 1 heterocycles. The first-order chi connectivity index (χ1) is 10.3. The van der Waals surface area contributed by atoms with Crippen molar-refractivity contribution in [1.29, 1.82) is 0 Å². The lowest BCUT2D eigenvalue weighted by Gasteiger charge is -2.21. The number of benzene rings is 1. The van der Waals surface area contributed by atoms with Crippen molar-refractivity contribution in [3.8, 4) is 5.75 Å². The van der Waals surface area contributed by atoms with E-state index in [1.165, 1.54) is 19.1 Å². The zero-order valence-electron chi connectivity index (χ0n) is 12.4. The van der Waals surface area contributed by atoms with Gasteiger partial charge < -0.3 is 14.8 Å². The summed E-state index contributed by atoms with van der Waals surface area (Å²) in [5, 5.41) is 1.42. The molecule has 1 N–H and O–H groups in total. The summed E-state index contributed by atoms with van der Waals surface area (Å²) in [6.45, 7) is 1.90. The molecule has 8 heteroatoms. The monoisotopic (exact) mass is 331 g/mol. The summed E-state index contributed by atoms with van der Waals surface area (Å²) in [5.41, 5.74) is 1.24. The zero-order valence-corrected chi connectivity index (χ0v) is 13.2. The molecule has 122 valence electrons. The van der Waals surface area contributed by atoms with Gasteiger partial charge in [0.05, 0.1) is 6.61 Å². The van der Waals surface area contributed by atoms with Crippen LogP contribution in [0.3, 0.4) is 0 Å². The van der Waals surface area contributed by atoms with E-state index in [1.54, 1.807) is 0 Å². The minimum Gasteiger partial charge on any atom is -0.467 e. The molecule has 1 aliphatic heterocycles. The Kier molecular flexibility index (Phi) is 5.02. The maximum absolute atomic E-state index is 13.5. The summed E-state index contributed by atoms with van der Waals surface area (Å²) in [7, 11) is -3.43. The molecule has 6 nitrogen and oxygen atoms in total. The van der Waals surface area contributed by atoms with Gasteiger partial charge in [-0.05, 0) is 31.0 Å². The van der Waals surface area contributed by atoms with Gasteiger partial charge >= 0.3 is 0 Å². The molecule has 22 heavy (non-hydrogen) atoms. The van der Waals surface area contributed by atoms with Crippen LogP contribution in [-0.4, -0.2) is 39.2 Å². The summed E-state index contributed by atoms with van der Waals surface area (Å²) < 4.78 is 46.6. The number of sulfone groups is 1. The van der Waals surface area contributed by atoms with Crippen LogP contribution in [0.4, 0.5) is 4.39 Å². The average Bonchev–Trinajstić information content (AvgIpc) is 2.45. The Hall–Kier alpha value is -1.67.